The molecule has 3 aromatic rings. The molecule has 0 atom stereocenters. The smallest absolute Gasteiger partial charge is 0.248 e. The van der Waals surface area contributed by atoms with E-state index in [1.165, 1.54) is 0 Å². The average molecular weight is 524 g/mol. The summed E-state index contributed by atoms with van der Waals surface area (Å²) in [6, 6.07) is 6.17. The molecule has 0 aliphatic rings. The Morgan fingerprint density at radius 1 is 0.818 bits per heavy atom. The van der Waals surface area contributed by atoms with Gasteiger partial charge in [-0.25, -0.2) is 18.3 Å². The maximum absolute atomic E-state index is 5.41. The number of nitrogens with zero attached hydrogens (tertiary/aromatic N) is 4. The van der Waals surface area contributed by atoms with Crippen LogP contribution in [-0.2, 0) is 14.1 Å². The van der Waals surface area contributed by atoms with Crippen molar-refractivity contribution in [3.8, 4) is 17.1 Å². The third kappa shape index (κ3) is 4.00. The van der Waals surface area contributed by atoms with Crippen LogP contribution in [0.2, 0.25) is 0 Å². The van der Waals surface area contributed by atoms with Crippen molar-refractivity contribution in [1.29, 1.82) is 0 Å². The van der Waals surface area contributed by atoms with Crippen molar-refractivity contribution < 1.29 is 61.8 Å². The van der Waals surface area contributed by atoms with Crippen LogP contribution in [0.15, 0.2) is 55.6 Å². The first-order valence-electron chi connectivity index (χ1n) is 6.42. The molecule has 118 valence electrons. The lowest BCUT2D eigenvalue weighted by atomic mass is 10.2. The summed E-state index contributed by atoms with van der Waals surface area (Å²) in [5.74, 6) is 0.838. The summed E-state index contributed by atoms with van der Waals surface area (Å²) < 4.78 is 13.6. The van der Waals surface area contributed by atoms with Crippen LogP contribution in [0.4, 0.5) is 0 Å². The number of hydrogen-bond donors (Lipinski definition) is 0. The van der Waals surface area contributed by atoms with Gasteiger partial charge in [0, 0.05) is 18.2 Å². The highest BCUT2D eigenvalue weighted by Gasteiger charge is 2.12. The van der Waals surface area contributed by atoms with Gasteiger partial charge in [-0.2, -0.15) is 0 Å². The first-order chi connectivity index (χ1) is 9.65. The zero-order valence-corrected chi connectivity index (χ0v) is 17.0. The second kappa shape index (κ2) is 7.95. The number of halogens is 2. The Labute approximate surface area is 164 Å². The lowest BCUT2D eigenvalue weighted by Crippen LogP contribution is -3.00. The van der Waals surface area contributed by atoms with Crippen LogP contribution < -0.4 is 61.8 Å². The van der Waals surface area contributed by atoms with Gasteiger partial charge in [-0.05, 0) is 0 Å². The molecule has 0 aliphatic heterocycles. The van der Waals surface area contributed by atoms with Gasteiger partial charge >= 0.3 is 0 Å². The maximum atomic E-state index is 5.41. The van der Waals surface area contributed by atoms with E-state index in [0.717, 1.165) is 17.1 Å². The lowest BCUT2D eigenvalue weighted by molar-refractivity contribution is -0.670. The van der Waals surface area contributed by atoms with E-state index < -0.39 is 0 Å². The first-order valence-corrected chi connectivity index (χ1v) is 6.42. The van der Waals surface area contributed by atoms with Crippen molar-refractivity contribution in [1.82, 2.24) is 9.13 Å². The van der Waals surface area contributed by atoms with Crippen LogP contribution in [0, 0.1) is 0 Å². The number of aryl methyl sites for hydroxylation is 2. The normalized spacial score (nSPS) is 9.77. The van der Waals surface area contributed by atoms with Crippen molar-refractivity contribution in [2.75, 3.05) is 7.11 Å². The number of hydrogen-bond acceptors (Lipinski definition) is 1. The van der Waals surface area contributed by atoms with Gasteiger partial charge in [0.25, 0.3) is 0 Å². The largest absolute Gasteiger partial charge is 1.00 e. The van der Waals surface area contributed by atoms with Crippen molar-refractivity contribution >= 4 is 0 Å². The highest BCUT2D eigenvalue weighted by Crippen LogP contribution is 2.22. The van der Waals surface area contributed by atoms with E-state index >= 15 is 0 Å². The summed E-state index contributed by atoms with van der Waals surface area (Å²) in [4.78, 5) is 0. The van der Waals surface area contributed by atoms with Crippen molar-refractivity contribution in [3.63, 3.8) is 0 Å². The van der Waals surface area contributed by atoms with E-state index in [4.69, 9.17) is 4.74 Å². The van der Waals surface area contributed by atoms with E-state index in [1.807, 2.05) is 72.8 Å². The molecule has 0 amide bonds. The Morgan fingerprint density at radius 2 is 1.27 bits per heavy atom. The SMILES string of the molecule is COc1cc(-n2cc[n+](C)c2)cc(-n2cc[n+](C)c2)c1.[I-].[I-]. The quantitative estimate of drug-likeness (QED) is 0.249. The standard InChI is InChI=1S/C15H18N4O.2HI/c1-16-4-6-18(11-16)13-8-14(10-15(9-13)20-3)19-7-5-17(2)12-19;;/h4-12H,1-3H3;2*1H/q+2;;/p-2. The number of imidazole rings is 2. The highest BCUT2D eigenvalue weighted by atomic mass is 127. The average Bonchev–Trinajstić information content (AvgIpc) is 3.07. The Morgan fingerprint density at radius 3 is 1.59 bits per heavy atom. The van der Waals surface area contributed by atoms with Crippen LogP contribution in [-0.4, -0.2) is 16.2 Å². The second-order valence-electron chi connectivity index (χ2n) is 4.86. The molecule has 0 fully saturated rings. The molecule has 2 heterocycles. The maximum Gasteiger partial charge on any atom is 0.248 e. The molecule has 0 saturated carbocycles. The first kappa shape index (κ1) is 18.9. The molecule has 0 N–H and O–H groups in total. The van der Waals surface area contributed by atoms with E-state index in [9.17, 15) is 0 Å². The molecule has 1 aromatic carbocycles. The van der Waals surface area contributed by atoms with Crippen LogP contribution in [0.5, 0.6) is 5.75 Å². The molecule has 7 heteroatoms. The number of methoxy groups -OCH3 is 1. The topological polar surface area (TPSA) is 26.8 Å². The van der Waals surface area contributed by atoms with Crippen molar-refractivity contribution in [2.45, 2.75) is 0 Å². The monoisotopic (exact) mass is 524 g/mol. The molecule has 0 bridgehead atoms. The summed E-state index contributed by atoms with van der Waals surface area (Å²) >= 11 is 0. The van der Waals surface area contributed by atoms with Crippen LogP contribution in [0.25, 0.3) is 11.4 Å². The van der Waals surface area contributed by atoms with Crippen molar-refractivity contribution in [2.24, 2.45) is 14.1 Å². The third-order valence-electron chi connectivity index (χ3n) is 3.25. The van der Waals surface area contributed by atoms with Crippen LogP contribution in [0.1, 0.15) is 0 Å². The molecule has 2 aromatic heterocycles. The molecule has 0 aliphatic carbocycles. The van der Waals surface area contributed by atoms with Gasteiger partial charge in [-0.15, -0.1) is 0 Å². The van der Waals surface area contributed by atoms with Crippen LogP contribution >= 0.6 is 0 Å². The van der Waals surface area contributed by atoms with E-state index in [2.05, 4.69) is 15.2 Å². The predicted octanol–water partition coefficient (Wildman–Crippen LogP) is -5.07. The zero-order valence-electron chi connectivity index (χ0n) is 12.6. The van der Waals surface area contributed by atoms with Crippen molar-refractivity contribution in [3.05, 3.63) is 55.6 Å². The molecule has 0 unspecified atom stereocenters. The fourth-order valence-corrected chi connectivity index (χ4v) is 2.19. The Kier molecular flexibility index (Phi) is 6.85. The number of rotatable bonds is 3. The van der Waals surface area contributed by atoms with E-state index in [0.29, 0.717) is 0 Å². The lowest BCUT2D eigenvalue weighted by Gasteiger charge is -2.04. The third-order valence-corrected chi connectivity index (χ3v) is 3.25. The molecule has 0 radical (unpaired) electrons. The van der Waals surface area contributed by atoms with Gasteiger partial charge in [-0.3, -0.25) is 0 Å². The van der Waals surface area contributed by atoms with Gasteiger partial charge < -0.3 is 52.7 Å². The van der Waals surface area contributed by atoms with Gasteiger partial charge in [0.05, 0.1) is 21.2 Å². The summed E-state index contributed by atoms with van der Waals surface area (Å²) in [6.07, 6.45) is 12.1. The summed E-state index contributed by atoms with van der Waals surface area (Å²) in [5.41, 5.74) is 2.13. The Bertz CT molecular complexity index is 693. The van der Waals surface area contributed by atoms with Gasteiger partial charge in [-0.1, -0.05) is 0 Å². The molecular formula is C15H18I2N4O. The van der Waals surface area contributed by atoms with E-state index in [1.54, 1.807) is 7.11 Å². The predicted molar refractivity (Wildman–Crippen MR) is 74.0 cm³/mol. The zero-order chi connectivity index (χ0) is 14.1. The number of aromatic nitrogens is 4. The molecule has 5 nitrogen and oxygen atoms in total. The highest BCUT2D eigenvalue weighted by molar-refractivity contribution is 5.49. The fraction of sp³-hybridized carbons (Fsp3) is 0.200. The summed E-state index contributed by atoms with van der Waals surface area (Å²) in [5, 5.41) is 0. The minimum atomic E-state index is 0. The minimum absolute atomic E-state index is 0. The fourth-order valence-electron chi connectivity index (χ4n) is 2.19. The number of ether oxygens (including phenoxy) is 1. The number of benzene rings is 1. The Hall–Kier alpha value is -1.10. The molecule has 3 rings (SSSR count). The van der Waals surface area contributed by atoms with Gasteiger partial charge in [0.15, 0.2) is 0 Å². The Balaban J connectivity index is 0.00000121. The molecule has 0 saturated heterocycles. The molecular weight excluding hydrogens is 506 g/mol. The molecule has 0 spiro atoms. The summed E-state index contributed by atoms with van der Waals surface area (Å²) in [7, 11) is 5.70. The van der Waals surface area contributed by atoms with E-state index in [-0.39, 0.29) is 48.0 Å². The van der Waals surface area contributed by atoms with Crippen LogP contribution in [0.3, 0.4) is 0 Å². The summed E-state index contributed by atoms with van der Waals surface area (Å²) in [6.45, 7) is 0. The van der Waals surface area contributed by atoms with Gasteiger partial charge in [0.2, 0.25) is 12.7 Å². The van der Waals surface area contributed by atoms with Gasteiger partial charge in [0.1, 0.15) is 41.9 Å². The second-order valence-corrected chi connectivity index (χ2v) is 4.86. The minimum Gasteiger partial charge on any atom is -1.00 e. The molecule has 22 heavy (non-hydrogen) atoms.